The molecular formula is C12H28O3. The normalized spacial score (nSPS) is 12.2. The summed E-state index contributed by atoms with van der Waals surface area (Å²) in [6.07, 6.45) is 3.25. The molecule has 0 fully saturated rings. The van der Waals surface area contributed by atoms with E-state index in [0.717, 1.165) is 13.2 Å². The minimum absolute atomic E-state index is 0.139. The van der Waals surface area contributed by atoms with E-state index in [1.165, 1.54) is 26.2 Å². The molecule has 94 valence electrons. The summed E-state index contributed by atoms with van der Waals surface area (Å²) in [7, 11) is 0. The zero-order chi connectivity index (χ0) is 12.1. The molecule has 0 heterocycles. The zero-order valence-corrected chi connectivity index (χ0v) is 10.7. The van der Waals surface area contributed by atoms with Gasteiger partial charge in [0.05, 0.1) is 12.7 Å². The molecule has 0 aromatic heterocycles. The van der Waals surface area contributed by atoms with Crippen molar-refractivity contribution in [3.8, 4) is 0 Å². The van der Waals surface area contributed by atoms with Gasteiger partial charge in [-0.3, -0.25) is 0 Å². The third-order valence-corrected chi connectivity index (χ3v) is 1.61. The van der Waals surface area contributed by atoms with E-state index in [9.17, 15) is 0 Å². The Morgan fingerprint density at radius 1 is 1.13 bits per heavy atom. The average molecular weight is 220 g/mol. The molecule has 15 heavy (non-hydrogen) atoms. The molecule has 3 nitrogen and oxygen atoms in total. The molecule has 1 unspecified atom stereocenters. The maximum absolute atomic E-state index is 8.11. The minimum Gasteiger partial charge on any atom is -0.394 e. The Bertz CT molecular complexity index is 103. The van der Waals surface area contributed by atoms with Crippen LogP contribution in [0.5, 0.6) is 0 Å². The summed E-state index contributed by atoms with van der Waals surface area (Å²) in [5, 5.41) is 16.0. The Balaban J connectivity index is 0. The highest BCUT2D eigenvalue weighted by Crippen LogP contribution is 1.97. The second kappa shape index (κ2) is 13.9. The molecule has 0 aromatic carbocycles. The number of aliphatic hydroxyl groups excluding tert-OH is 2. The number of hydrogen-bond donors (Lipinski definition) is 2. The first kappa shape index (κ1) is 17.3. The SMILES string of the molecule is CC(O)CO.CCCCCOCC(C)C. The van der Waals surface area contributed by atoms with Crippen molar-refractivity contribution in [1.29, 1.82) is 0 Å². The van der Waals surface area contributed by atoms with Crippen LogP contribution in [0.2, 0.25) is 0 Å². The molecule has 0 spiro atoms. The third kappa shape index (κ3) is 24.8. The minimum atomic E-state index is -0.560. The molecule has 0 saturated heterocycles. The van der Waals surface area contributed by atoms with E-state index in [-0.39, 0.29) is 6.61 Å². The van der Waals surface area contributed by atoms with E-state index in [0.29, 0.717) is 5.92 Å². The van der Waals surface area contributed by atoms with Gasteiger partial charge in [-0.15, -0.1) is 0 Å². The van der Waals surface area contributed by atoms with Crippen LogP contribution in [0.25, 0.3) is 0 Å². The molecule has 0 radical (unpaired) electrons. The van der Waals surface area contributed by atoms with Crippen LogP contribution in [-0.2, 0) is 4.74 Å². The Morgan fingerprint density at radius 3 is 2.00 bits per heavy atom. The maximum Gasteiger partial charge on any atom is 0.0742 e. The molecule has 2 N–H and O–H groups in total. The highest BCUT2D eigenvalue weighted by atomic mass is 16.5. The van der Waals surface area contributed by atoms with Crippen molar-refractivity contribution < 1.29 is 14.9 Å². The molecular weight excluding hydrogens is 192 g/mol. The number of unbranched alkanes of at least 4 members (excludes halogenated alkanes) is 2. The van der Waals surface area contributed by atoms with Gasteiger partial charge in [0, 0.05) is 13.2 Å². The molecule has 0 amide bonds. The molecule has 0 aliphatic heterocycles. The predicted octanol–water partition coefficient (Wildman–Crippen LogP) is 2.21. The van der Waals surface area contributed by atoms with Crippen molar-refractivity contribution >= 4 is 0 Å². The molecule has 0 bridgehead atoms. The second-order valence-corrected chi connectivity index (χ2v) is 4.21. The lowest BCUT2D eigenvalue weighted by atomic mass is 10.2. The monoisotopic (exact) mass is 220 g/mol. The van der Waals surface area contributed by atoms with Crippen LogP contribution in [0.3, 0.4) is 0 Å². The number of ether oxygens (including phenoxy) is 1. The van der Waals surface area contributed by atoms with Crippen LogP contribution in [-0.4, -0.2) is 36.1 Å². The van der Waals surface area contributed by atoms with Crippen molar-refractivity contribution in [2.24, 2.45) is 5.92 Å². The largest absolute Gasteiger partial charge is 0.394 e. The fourth-order valence-corrected chi connectivity index (χ4v) is 0.773. The predicted molar refractivity (Wildman–Crippen MR) is 63.9 cm³/mol. The van der Waals surface area contributed by atoms with E-state index < -0.39 is 6.10 Å². The number of rotatable bonds is 7. The van der Waals surface area contributed by atoms with Gasteiger partial charge in [0.25, 0.3) is 0 Å². The van der Waals surface area contributed by atoms with Crippen molar-refractivity contribution in [3.05, 3.63) is 0 Å². The van der Waals surface area contributed by atoms with Gasteiger partial charge in [-0.1, -0.05) is 33.6 Å². The van der Waals surface area contributed by atoms with Gasteiger partial charge in [-0.2, -0.15) is 0 Å². The van der Waals surface area contributed by atoms with Gasteiger partial charge in [0.2, 0.25) is 0 Å². The van der Waals surface area contributed by atoms with E-state index in [1.54, 1.807) is 0 Å². The first-order valence-corrected chi connectivity index (χ1v) is 5.91. The van der Waals surface area contributed by atoms with Crippen LogP contribution in [0, 0.1) is 5.92 Å². The summed E-state index contributed by atoms with van der Waals surface area (Å²) in [6.45, 7) is 9.83. The third-order valence-electron chi connectivity index (χ3n) is 1.61. The van der Waals surface area contributed by atoms with Crippen molar-refractivity contribution in [1.82, 2.24) is 0 Å². The van der Waals surface area contributed by atoms with E-state index >= 15 is 0 Å². The van der Waals surface area contributed by atoms with Gasteiger partial charge in [0.1, 0.15) is 0 Å². The first-order valence-electron chi connectivity index (χ1n) is 5.91. The molecule has 0 aromatic rings. The fraction of sp³-hybridized carbons (Fsp3) is 1.00. The highest BCUT2D eigenvalue weighted by molar-refractivity contribution is 4.40. The Morgan fingerprint density at radius 2 is 1.67 bits per heavy atom. The van der Waals surface area contributed by atoms with Crippen molar-refractivity contribution in [2.75, 3.05) is 19.8 Å². The highest BCUT2D eigenvalue weighted by Gasteiger charge is 1.92. The van der Waals surface area contributed by atoms with Crippen molar-refractivity contribution in [3.63, 3.8) is 0 Å². The summed E-state index contributed by atoms with van der Waals surface area (Å²) in [6, 6.07) is 0. The number of hydrogen-bond acceptors (Lipinski definition) is 3. The summed E-state index contributed by atoms with van der Waals surface area (Å²) in [4.78, 5) is 0. The van der Waals surface area contributed by atoms with E-state index in [2.05, 4.69) is 20.8 Å². The van der Waals surface area contributed by atoms with Crippen LogP contribution < -0.4 is 0 Å². The summed E-state index contributed by atoms with van der Waals surface area (Å²) in [5.41, 5.74) is 0. The topological polar surface area (TPSA) is 49.7 Å². The van der Waals surface area contributed by atoms with Crippen LogP contribution in [0.1, 0.15) is 47.0 Å². The lowest BCUT2D eigenvalue weighted by molar-refractivity contribution is 0.106. The maximum atomic E-state index is 8.11. The molecule has 3 heteroatoms. The quantitative estimate of drug-likeness (QED) is 0.647. The summed E-state index contributed by atoms with van der Waals surface area (Å²) >= 11 is 0. The van der Waals surface area contributed by atoms with Gasteiger partial charge >= 0.3 is 0 Å². The van der Waals surface area contributed by atoms with Gasteiger partial charge in [-0.25, -0.2) is 0 Å². The molecule has 0 aliphatic rings. The van der Waals surface area contributed by atoms with Gasteiger partial charge in [0.15, 0.2) is 0 Å². The van der Waals surface area contributed by atoms with Crippen molar-refractivity contribution in [2.45, 2.75) is 53.1 Å². The summed E-state index contributed by atoms with van der Waals surface area (Å²) in [5.74, 6) is 0.682. The lowest BCUT2D eigenvalue weighted by Crippen LogP contribution is -2.03. The van der Waals surface area contributed by atoms with Crippen LogP contribution in [0.15, 0.2) is 0 Å². The summed E-state index contributed by atoms with van der Waals surface area (Å²) < 4.78 is 5.40. The first-order chi connectivity index (χ1) is 7.04. The fourth-order valence-electron chi connectivity index (χ4n) is 0.773. The molecule has 1 atom stereocenters. The Labute approximate surface area is 94.5 Å². The Kier molecular flexibility index (Phi) is 16.0. The smallest absolute Gasteiger partial charge is 0.0742 e. The van der Waals surface area contributed by atoms with Gasteiger partial charge < -0.3 is 14.9 Å². The molecule has 0 rings (SSSR count). The Hall–Kier alpha value is -0.120. The zero-order valence-electron chi connectivity index (χ0n) is 10.7. The van der Waals surface area contributed by atoms with Crippen LogP contribution in [0.4, 0.5) is 0 Å². The van der Waals surface area contributed by atoms with E-state index in [4.69, 9.17) is 14.9 Å². The van der Waals surface area contributed by atoms with E-state index in [1.807, 2.05) is 0 Å². The number of aliphatic hydroxyl groups is 2. The molecule has 0 aliphatic carbocycles. The lowest BCUT2D eigenvalue weighted by Gasteiger charge is -2.05. The van der Waals surface area contributed by atoms with Crippen LogP contribution >= 0.6 is 0 Å². The van der Waals surface area contributed by atoms with Gasteiger partial charge in [-0.05, 0) is 19.3 Å². The standard InChI is InChI=1S/C9H20O.C3H8O2/c1-4-5-6-7-10-8-9(2)3;1-3(5)2-4/h9H,4-8H2,1-3H3;3-5H,2H2,1H3. The average Bonchev–Trinajstić information content (AvgIpc) is 2.18. The second-order valence-electron chi connectivity index (χ2n) is 4.21. The molecule has 0 saturated carbocycles.